The molecule has 0 aromatic carbocycles. The Bertz CT molecular complexity index is 2980. The lowest BCUT2D eigenvalue weighted by molar-refractivity contribution is -0.154. The first-order chi connectivity index (χ1) is 64.8. The van der Waals surface area contributed by atoms with Crippen LogP contribution in [0.15, 0.2) is 0 Å². The number of ether oxygens (including phenoxy) is 12. The van der Waals surface area contributed by atoms with Crippen LogP contribution in [0.2, 0.25) is 0 Å². The Morgan fingerprint density at radius 1 is 0.201 bits per heavy atom. The number of thiol groups is 3. The highest BCUT2D eigenvalue weighted by atomic mass is 32.2. The molecule has 0 radical (unpaired) electrons. The van der Waals surface area contributed by atoms with Gasteiger partial charge in [-0.3, -0.25) is 57.5 Å². The van der Waals surface area contributed by atoms with Crippen LogP contribution in [0.3, 0.4) is 0 Å². The van der Waals surface area contributed by atoms with Crippen molar-refractivity contribution in [1.29, 1.82) is 0 Å². The van der Waals surface area contributed by atoms with Gasteiger partial charge in [-0.2, -0.15) is 73.2 Å². The summed E-state index contributed by atoms with van der Waals surface area (Å²) in [7, 11) is 0. The molecule has 0 aliphatic rings. The summed E-state index contributed by atoms with van der Waals surface area (Å²) in [4.78, 5) is 164. The van der Waals surface area contributed by atoms with E-state index in [1.165, 1.54) is 173 Å². The topological polar surface area (TPSA) is 329 Å². The number of nitrogens with zero attached hydrogens (tertiary/aromatic N) is 4. The molecule has 0 bridgehead atoms. The summed E-state index contributed by atoms with van der Waals surface area (Å²) in [6, 6.07) is 0. The lowest BCUT2D eigenvalue weighted by Gasteiger charge is -2.27. The molecule has 6 unspecified atom stereocenters. The highest BCUT2D eigenvalue weighted by Crippen LogP contribution is 2.21. The van der Waals surface area contributed by atoms with Gasteiger partial charge in [-0.25, -0.2) is 0 Å². The maximum absolute atomic E-state index is 13.6. The van der Waals surface area contributed by atoms with Crippen LogP contribution in [0.25, 0.3) is 0 Å². The van der Waals surface area contributed by atoms with Crippen molar-refractivity contribution in [1.82, 2.24) is 19.6 Å². The normalized spacial score (nSPS) is 12.8. The third-order valence-corrected chi connectivity index (χ3v) is 28.3. The summed E-state index contributed by atoms with van der Waals surface area (Å²) in [5.41, 5.74) is 0. The maximum Gasteiger partial charge on any atom is 0.309 e. The standard InChI is InChI=1S/C100H182N4O24S6/c1-10-13-16-19-22-25-28-31-34-39-74-132-80-86(7)98(114)126-71-65-120-90(106)45-57-102(53-43-55-104(59-47-92(108)119-64-70-125-97(113)85(6)79-131)61-49-94(110)122-67-73-128-100(116)88(9)82-134-76-41-36-33-30-27-24-21-18-15-12-3)51-38-37-50-101(56-44-89(105)117-62-68-123-95(111)83(4)77-129)52-42-54-103(58-46-91(107)118-63-69-124-96(112)84(5)78-130)60-48-93(109)121-66-72-127-99(115)87(8)81-133-75-40-35-32-29-26-23-20-17-14-11-2/h83-88,129-131H,10-82H2,1-9H3. The lowest BCUT2D eigenvalue weighted by atomic mass is 10.1. The van der Waals surface area contributed by atoms with Crippen molar-refractivity contribution >= 4 is 145 Å². The Labute approximate surface area is 837 Å². The molecule has 0 spiro atoms. The van der Waals surface area contributed by atoms with Crippen molar-refractivity contribution in [2.75, 3.05) is 210 Å². The predicted molar refractivity (Wildman–Crippen MR) is 547 cm³/mol. The minimum Gasteiger partial charge on any atom is -0.462 e. The van der Waals surface area contributed by atoms with E-state index in [0.717, 1.165) is 36.5 Å². The predicted octanol–water partition coefficient (Wildman–Crippen LogP) is 18.2. The summed E-state index contributed by atoms with van der Waals surface area (Å²) in [5.74, 6) is -2.13. The Morgan fingerprint density at radius 3 is 0.545 bits per heavy atom. The second-order valence-corrected chi connectivity index (χ2v) is 39.9. The van der Waals surface area contributed by atoms with E-state index in [0.29, 0.717) is 99.5 Å². The monoisotopic (exact) mass is 2020 g/mol. The van der Waals surface area contributed by atoms with Crippen LogP contribution in [-0.2, 0) is 114 Å². The van der Waals surface area contributed by atoms with Gasteiger partial charge in [0.25, 0.3) is 0 Å². The number of hydrogen-bond donors (Lipinski definition) is 3. The highest BCUT2D eigenvalue weighted by Gasteiger charge is 2.24. The molecule has 0 fully saturated rings. The highest BCUT2D eigenvalue weighted by molar-refractivity contribution is 7.99. The number of hydrogen-bond acceptors (Lipinski definition) is 34. The molecule has 0 N–H and O–H groups in total. The van der Waals surface area contributed by atoms with Crippen molar-refractivity contribution < 1.29 is 114 Å². The van der Waals surface area contributed by atoms with E-state index >= 15 is 0 Å². The minimum absolute atomic E-state index is 0.00360. The van der Waals surface area contributed by atoms with Gasteiger partial charge in [-0.15, -0.1) is 0 Å². The molecular weight excluding hydrogens is 1830 g/mol. The zero-order chi connectivity index (χ0) is 98.9. The van der Waals surface area contributed by atoms with E-state index in [2.05, 4.69) is 68.5 Å². The molecule has 0 saturated carbocycles. The zero-order valence-corrected chi connectivity index (χ0v) is 89.4. The SMILES string of the molecule is CCCCCCCCCCCCSCC(C)C(=O)OCCOC(=O)CCN(CCCCN(CCCN(CCC(=O)OCCOC(=O)C(C)CS)CCC(=O)OCCOC(=O)C(C)CSCCCCCCCCCCCC)CCC(=O)OCCOC(=O)C(C)CS)CCCN(CCC(=O)OCCOC(=O)C(C)CS)CCC(=O)OCCOC(=O)C(C)CSCCCCCCCCCCCC. The molecule has 34 heteroatoms. The fourth-order valence-corrected chi connectivity index (χ4v) is 17.5. The van der Waals surface area contributed by atoms with Gasteiger partial charge in [-0.1, -0.05) is 236 Å². The molecule has 0 aromatic rings. The van der Waals surface area contributed by atoms with E-state index < -0.39 is 71.5 Å². The van der Waals surface area contributed by atoms with Gasteiger partial charge in [0.2, 0.25) is 0 Å². The molecule has 0 aliphatic heterocycles. The Balaban J connectivity index is 6.69. The number of thioether (sulfide) groups is 3. The van der Waals surface area contributed by atoms with Gasteiger partial charge in [0.15, 0.2) is 0 Å². The first-order valence-electron chi connectivity index (χ1n) is 51.2. The fraction of sp³-hybridized carbons (Fsp3) is 0.880. The maximum atomic E-state index is 13.6. The molecule has 782 valence electrons. The summed E-state index contributed by atoms with van der Waals surface area (Å²) in [5, 5.41) is 0. The van der Waals surface area contributed by atoms with Crippen LogP contribution in [0.4, 0.5) is 0 Å². The first-order valence-corrected chi connectivity index (χ1v) is 56.6. The van der Waals surface area contributed by atoms with Gasteiger partial charge >= 0.3 is 71.6 Å². The molecule has 0 saturated heterocycles. The molecule has 0 rings (SSSR count). The number of unbranched alkanes of at least 4 members (excludes halogenated alkanes) is 28. The largest absolute Gasteiger partial charge is 0.462 e. The third kappa shape index (κ3) is 81.3. The second kappa shape index (κ2) is 93.5. The molecule has 0 amide bonds. The van der Waals surface area contributed by atoms with Gasteiger partial charge in [0.05, 0.1) is 74.0 Å². The lowest BCUT2D eigenvalue weighted by Crippen LogP contribution is -2.36. The molecule has 28 nitrogen and oxygen atoms in total. The molecule has 134 heavy (non-hydrogen) atoms. The smallest absolute Gasteiger partial charge is 0.309 e. The van der Waals surface area contributed by atoms with Crippen molar-refractivity contribution in [3.63, 3.8) is 0 Å². The molecule has 0 aliphatic carbocycles. The minimum atomic E-state index is -0.540. The van der Waals surface area contributed by atoms with Gasteiger partial charge in [0.1, 0.15) is 79.3 Å². The van der Waals surface area contributed by atoms with E-state index in [1.807, 2.05) is 30.6 Å². The summed E-state index contributed by atoms with van der Waals surface area (Å²) in [6.07, 6.45) is 39.8. The van der Waals surface area contributed by atoms with Crippen LogP contribution >= 0.6 is 73.2 Å². The number of carbonyl (C=O) groups excluding carboxylic acids is 12. The van der Waals surface area contributed by atoms with Crippen LogP contribution < -0.4 is 0 Å². The zero-order valence-electron chi connectivity index (χ0n) is 84.2. The first kappa shape index (κ1) is 130. The third-order valence-electron chi connectivity index (χ3n) is 22.7. The number of carbonyl (C=O) groups is 12. The summed E-state index contributed by atoms with van der Waals surface area (Å²) < 4.78 is 65.4. The average Bonchev–Trinajstić information content (AvgIpc) is 0.934. The van der Waals surface area contributed by atoms with Crippen LogP contribution in [0, 0.1) is 35.5 Å². The number of esters is 12. The second-order valence-electron chi connectivity index (χ2n) is 35.3. The fourth-order valence-electron chi connectivity index (χ4n) is 13.9. The van der Waals surface area contributed by atoms with Crippen molar-refractivity contribution in [3.8, 4) is 0 Å². The average molecular weight is 2020 g/mol. The van der Waals surface area contributed by atoms with Crippen LogP contribution in [0.5, 0.6) is 0 Å². The molecule has 6 atom stereocenters. The number of rotatable bonds is 97. The quantitative estimate of drug-likeness (QED) is 0.0220. The van der Waals surface area contributed by atoms with Gasteiger partial charge in [0, 0.05) is 73.8 Å². The Morgan fingerprint density at radius 2 is 0.358 bits per heavy atom. The van der Waals surface area contributed by atoms with Crippen LogP contribution in [0.1, 0.15) is 319 Å². The molecule has 0 heterocycles. The van der Waals surface area contributed by atoms with Crippen LogP contribution in [-0.4, -0.2) is 301 Å². The van der Waals surface area contributed by atoms with Crippen molar-refractivity contribution in [3.05, 3.63) is 0 Å². The molecular formula is C100H182N4O24S6. The summed E-state index contributed by atoms with van der Waals surface area (Å²) in [6.45, 7) is 19.9. The van der Waals surface area contributed by atoms with E-state index in [9.17, 15) is 57.5 Å². The van der Waals surface area contributed by atoms with Gasteiger partial charge in [-0.05, 0) is 101 Å². The Hall–Kier alpha value is -4.42. The van der Waals surface area contributed by atoms with Crippen molar-refractivity contribution in [2.24, 2.45) is 35.5 Å². The molecule has 0 aromatic heterocycles. The Kier molecular flexibility index (Phi) is 90.5. The van der Waals surface area contributed by atoms with E-state index in [4.69, 9.17) is 56.8 Å². The van der Waals surface area contributed by atoms with Gasteiger partial charge < -0.3 is 76.4 Å². The van der Waals surface area contributed by atoms with Crippen molar-refractivity contribution in [2.45, 2.75) is 319 Å². The van der Waals surface area contributed by atoms with E-state index in [1.54, 1.807) is 56.1 Å². The van der Waals surface area contributed by atoms with E-state index in [-0.39, 0.29) is 193 Å². The summed E-state index contributed by atoms with van der Waals surface area (Å²) >= 11 is 17.8.